The predicted octanol–water partition coefficient (Wildman–Crippen LogP) is 4.36. The topological polar surface area (TPSA) is 9.72 Å². The summed E-state index contributed by atoms with van der Waals surface area (Å²) in [7, 11) is 0. The molecule has 0 atom stereocenters. The Bertz CT molecular complexity index is 681. The summed E-state index contributed by atoms with van der Waals surface area (Å²) in [5.74, 6) is 0. The van der Waals surface area contributed by atoms with Crippen LogP contribution in [0.2, 0.25) is 0 Å². The highest BCUT2D eigenvalue weighted by Crippen LogP contribution is 2.16. The van der Waals surface area contributed by atoms with E-state index in [0.717, 1.165) is 52.4 Å². The maximum absolute atomic E-state index is 2.57. The first-order chi connectivity index (χ1) is 13.3. The molecule has 144 valence electrons. The number of anilines is 1. The second kappa shape index (κ2) is 10.3. The van der Waals surface area contributed by atoms with E-state index in [0.29, 0.717) is 0 Å². The molecule has 2 aromatic carbocycles. The van der Waals surface area contributed by atoms with Gasteiger partial charge in [0, 0.05) is 58.0 Å². The van der Waals surface area contributed by atoms with Crippen molar-refractivity contribution < 1.29 is 0 Å². The molecule has 1 aliphatic heterocycles. The van der Waals surface area contributed by atoms with Crippen LogP contribution >= 0.6 is 0 Å². The van der Waals surface area contributed by atoms with E-state index >= 15 is 0 Å². The summed E-state index contributed by atoms with van der Waals surface area (Å²) in [6.45, 7) is 13.3. The van der Waals surface area contributed by atoms with Crippen LogP contribution in [0.25, 0.3) is 6.08 Å². The van der Waals surface area contributed by atoms with E-state index in [4.69, 9.17) is 0 Å². The summed E-state index contributed by atoms with van der Waals surface area (Å²) in [6.07, 6.45) is 4.51. The van der Waals surface area contributed by atoms with E-state index in [1.54, 1.807) is 0 Å². The number of rotatable bonds is 8. The van der Waals surface area contributed by atoms with Gasteiger partial charge in [0.15, 0.2) is 0 Å². The van der Waals surface area contributed by atoms with Crippen molar-refractivity contribution in [2.24, 2.45) is 0 Å². The van der Waals surface area contributed by atoms with Crippen LogP contribution in [0.4, 0.5) is 5.69 Å². The molecule has 1 fully saturated rings. The minimum Gasteiger partial charge on any atom is -0.372 e. The van der Waals surface area contributed by atoms with Crippen LogP contribution in [0.3, 0.4) is 0 Å². The van der Waals surface area contributed by atoms with Gasteiger partial charge in [-0.25, -0.2) is 0 Å². The largest absolute Gasteiger partial charge is 0.372 e. The van der Waals surface area contributed by atoms with Crippen molar-refractivity contribution in [3.05, 3.63) is 71.8 Å². The average molecular weight is 364 g/mol. The Balaban J connectivity index is 1.42. The Morgan fingerprint density at radius 1 is 0.815 bits per heavy atom. The molecule has 3 nitrogen and oxygen atoms in total. The molecule has 0 saturated carbocycles. The van der Waals surface area contributed by atoms with Crippen molar-refractivity contribution in [3.63, 3.8) is 0 Å². The summed E-state index contributed by atoms with van der Waals surface area (Å²) >= 11 is 0. The van der Waals surface area contributed by atoms with Crippen molar-refractivity contribution in [3.8, 4) is 0 Å². The van der Waals surface area contributed by atoms with Gasteiger partial charge in [-0.1, -0.05) is 54.6 Å². The Hall–Kier alpha value is -2.10. The molecule has 0 aliphatic carbocycles. The van der Waals surface area contributed by atoms with Crippen LogP contribution in [0.5, 0.6) is 0 Å². The van der Waals surface area contributed by atoms with E-state index in [2.05, 4.69) is 95.3 Å². The first kappa shape index (κ1) is 19.7. The smallest absolute Gasteiger partial charge is 0.0366 e. The van der Waals surface area contributed by atoms with Crippen molar-refractivity contribution in [2.45, 2.75) is 20.4 Å². The lowest BCUT2D eigenvalue weighted by Crippen LogP contribution is -2.45. The number of hydrogen-bond donors (Lipinski definition) is 0. The van der Waals surface area contributed by atoms with Gasteiger partial charge in [-0.2, -0.15) is 0 Å². The second-order valence-electron chi connectivity index (χ2n) is 7.23. The monoisotopic (exact) mass is 363 g/mol. The highest BCUT2D eigenvalue weighted by atomic mass is 15.3. The summed E-state index contributed by atoms with van der Waals surface area (Å²) in [6, 6.07) is 19.7. The molecule has 0 spiro atoms. The summed E-state index contributed by atoms with van der Waals surface area (Å²) in [5.41, 5.74) is 4.03. The molecule has 0 amide bonds. The van der Waals surface area contributed by atoms with Gasteiger partial charge in [0.25, 0.3) is 0 Å². The zero-order chi connectivity index (χ0) is 18.9. The van der Waals surface area contributed by atoms with Crippen LogP contribution in [-0.4, -0.2) is 55.6 Å². The molecular formula is C24H33N3. The van der Waals surface area contributed by atoms with Crippen LogP contribution in [0, 0.1) is 0 Å². The molecule has 0 aromatic heterocycles. The zero-order valence-electron chi connectivity index (χ0n) is 16.8. The van der Waals surface area contributed by atoms with Gasteiger partial charge >= 0.3 is 0 Å². The van der Waals surface area contributed by atoms with Gasteiger partial charge in [0.05, 0.1) is 0 Å². The molecule has 0 bridgehead atoms. The highest BCUT2D eigenvalue weighted by molar-refractivity contribution is 5.49. The van der Waals surface area contributed by atoms with Gasteiger partial charge in [0.2, 0.25) is 0 Å². The standard InChI is InChI=1S/C24H33N3/c1-3-27(4-2)24-14-12-23(13-15-24)21-26-19-17-25(18-20-26)16-8-11-22-9-6-5-7-10-22/h5-15H,3-4,16-21H2,1-2H3/b11-8+. The lowest BCUT2D eigenvalue weighted by atomic mass is 10.1. The first-order valence-corrected chi connectivity index (χ1v) is 10.3. The number of nitrogens with zero attached hydrogens (tertiary/aromatic N) is 3. The van der Waals surface area contributed by atoms with E-state index < -0.39 is 0 Å². The van der Waals surface area contributed by atoms with Crippen LogP contribution in [0.15, 0.2) is 60.7 Å². The van der Waals surface area contributed by atoms with Gasteiger partial charge in [-0.15, -0.1) is 0 Å². The second-order valence-corrected chi connectivity index (χ2v) is 7.23. The van der Waals surface area contributed by atoms with Crippen LogP contribution in [-0.2, 0) is 6.54 Å². The first-order valence-electron chi connectivity index (χ1n) is 10.3. The number of benzene rings is 2. The lowest BCUT2D eigenvalue weighted by molar-refractivity contribution is 0.137. The molecule has 0 unspecified atom stereocenters. The van der Waals surface area contributed by atoms with Gasteiger partial charge in [0.1, 0.15) is 0 Å². The fraction of sp³-hybridized carbons (Fsp3) is 0.417. The molecule has 1 aliphatic rings. The fourth-order valence-electron chi connectivity index (χ4n) is 3.69. The number of hydrogen-bond acceptors (Lipinski definition) is 3. The van der Waals surface area contributed by atoms with E-state index in [9.17, 15) is 0 Å². The highest BCUT2D eigenvalue weighted by Gasteiger charge is 2.16. The quantitative estimate of drug-likeness (QED) is 0.690. The Kier molecular flexibility index (Phi) is 7.49. The van der Waals surface area contributed by atoms with E-state index in [-0.39, 0.29) is 0 Å². The molecule has 1 heterocycles. The Morgan fingerprint density at radius 3 is 2.07 bits per heavy atom. The van der Waals surface area contributed by atoms with Crippen molar-refractivity contribution in [2.75, 3.05) is 50.7 Å². The van der Waals surface area contributed by atoms with E-state index in [1.807, 2.05) is 0 Å². The average Bonchev–Trinajstić information content (AvgIpc) is 2.72. The molecule has 1 saturated heterocycles. The van der Waals surface area contributed by atoms with Gasteiger partial charge in [-0.3, -0.25) is 9.80 Å². The maximum Gasteiger partial charge on any atom is 0.0366 e. The van der Waals surface area contributed by atoms with Gasteiger partial charge in [-0.05, 0) is 37.1 Å². The van der Waals surface area contributed by atoms with Crippen molar-refractivity contribution in [1.29, 1.82) is 0 Å². The molecule has 3 heteroatoms. The molecule has 0 N–H and O–H groups in total. The Labute approximate surface area is 164 Å². The minimum absolute atomic E-state index is 1.04. The third-order valence-electron chi connectivity index (χ3n) is 5.41. The zero-order valence-corrected chi connectivity index (χ0v) is 16.8. The van der Waals surface area contributed by atoms with Gasteiger partial charge < -0.3 is 4.90 Å². The van der Waals surface area contributed by atoms with Crippen molar-refractivity contribution in [1.82, 2.24) is 9.80 Å². The number of piperazine rings is 1. The molecule has 2 aromatic rings. The third-order valence-corrected chi connectivity index (χ3v) is 5.41. The molecule has 0 radical (unpaired) electrons. The van der Waals surface area contributed by atoms with Crippen LogP contribution < -0.4 is 4.90 Å². The summed E-state index contributed by atoms with van der Waals surface area (Å²) in [5, 5.41) is 0. The Morgan fingerprint density at radius 2 is 1.44 bits per heavy atom. The van der Waals surface area contributed by atoms with Crippen molar-refractivity contribution >= 4 is 11.8 Å². The van der Waals surface area contributed by atoms with Crippen LogP contribution in [0.1, 0.15) is 25.0 Å². The molecule has 27 heavy (non-hydrogen) atoms. The predicted molar refractivity (Wildman–Crippen MR) is 117 cm³/mol. The van der Waals surface area contributed by atoms with E-state index in [1.165, 1.54) is 16.8 Å². The normalized spacial score (nSPS) is 16.1. The SMILES string of the molecule is CCN(CC)c1ccc(CN2CCN(C/C=C/c3ccccc3)CC2)cc1. The minimum atomic E-state index is 1.04. The lowest BCUT2D eigenvalue weighted by Gasteiger charge is -2.34. The maximum atomic E-state index is 2.57. The summed E-state index contributed by atoms with van der Waals surface area (Å²) < 4.78 is 0. The molecule has 3 rings (SSSR count). The summed E-state index contributed by atoms with van der Waals surface area (Å²) in [4.78, 5) is 7.51. The fourth-order valence-corrected chi connectivity index (χ4v) is 3.69. The molecular weight excluding hydrogens is 330 g/mol. The third kappa shape index (κ3) is 5.95.